The van der Waals surface area contributed by atoms with Gasteiger partial charge in [-0.25, -0.2) is 4.39 Å². The van der Waals surface area contributed by atoms with Gasteiger partial charge in [0, 0.05) is 24.6 Å². The number of hydrogen-bond acceptors (Lipinski definition) is 2. The van der Waals surface area contributed by atoms with Crippen LogP contribution in [0.25, 0.3) is 0 Å². The molecular formula is C11H12BrFN2O. The number of amides is 1. The molecule has 1 N–H and O–H groups in total. The van der Waals surface area contributed by atoms with Gasteiger partial charge in [0.2, 0.25) is 5.91 Å². The zero-order valence-corrected chi connectivity index (χ0v) is 10.4. The van der Waals surface area contributed by atoms with Crippen LogP contribution in [0.3, 0.4) is 0 Å². The standard InChI is InChI=1S/C11H12BrFN2O/c1-15(11(16)7-5-14-6-7)10-4-8(12)2-3-9(10)13/h2-4,7,14H,5-6H2,1H3. The normalized spacial score (nSPS) is 15.7. The van der Waals surface area contributed by atoms with Crippen LogP contribution in [0.15, 0.2) is 22.7 Å². The van der Waals surface area contributed by atoms with Crippen LogP contribution in [0.2, 0.25) is 0 Å². The van der Waals surface area contributed by atoms with Gasteiger partial charge in [0.15, 0.2) is 0 Å². The van der Waals surface area contributed by atoms with Crippen LogP contribution in [-0.4, -0.2) is 26.0 Å². The smallest absolute Gasteiger partial charge is 0.232 e. The van der Waals surface area contributed by atoms with Crippen molar-refractivity contribution in [3.8, 4) is 0 Å². The molecule has 16 heavy (non-hydrogen) atoms. The fourth-order valence-corrected chi connectivity index (χ4v) is 1.95. The van der Waals surface area contributed by atoms with Crippen LogP contribution in [0.5, 0.6) is 0 Å². The Balaban J connectivity index is 2.22. The van der Waals surface area contributed by atoms with Crippen molar-refractivity contribution < 1.29 is 9.18 Å². The van der Waals surface area contributed by atoms with Crippen molar-refractivity contribution in [3.05, 3.63) is 28.5 Å². The van der Waals surface area contributed by atoms with Crippen molar-refractivity contribution in [2.45, 2.75) is 0 Å². The molecule has 2 rings (SSSR count). The summed E-state index contributed by atoms with van der Waals surface area (Å²) < 4.78 is 14.3. The van der Waals surface area contributed by atoms with Crippen molar-refractivity contribution >= 4 is 27.5 Å². The third kappa shape index (κ3) is 2.10. The number of anilines is 1. The number of carbonyl (C=O) groups is 1. The average molecular weight is 287 g/mol. The molecule has 1 aromatic rings. The minimum Gasteiger partial charge on any atom is -0.315 e. The summed E-state index contributed by atoms with van der Waals surface area (Å²) in [5.74, 6) is -0.453. The van der Waals surface area contributed by atoms with E-state index in [1.807, 2.05) is 0 Å². The maximum atomic E-state index is 13.5. The second kappa shape index (κ2) is 4.51. The zero-order chi connectivity index (χ0) is 11.7. The number of nitrogens with zero attached hydrogens (tertiary/aromatic N) is 1. The summed E-state index contributed by atoms with van der Waals surface area (Å²) >= 11 is 3.26. The highest BCUT2D eigenvalue weighted by Crippen LogP contribution is 2.24. The van der Waals surface area contributed by atoms with Gasteiger partial charge in [-0.15, -0.1) is 0 Å². The molecule has 0 unspecified atom stereocenters. The van der Waals surface area contributed by atoms with Gasteiger partial charge in [0.05, 0.1) is 11.6 Å². The SMILES string of the molecule is CN(C(=O)C1CNC1)c1cc(Br)ccc1F. The summed E-state index contributed by atoms with van der Waals surface area (Å²) in [5, 5.41) is 3.02. The Labute approximate surface area is 102 Å². The minimum atomic E-state index is -0.383. The summed E-state index contributed by atoms with van der Waals surface area (Å²) in [6.07, 6.45) is 0. The average Bonchev–Trinajstić information content (AvgIpc) is 2.18. The van der Waals surface area contributed by atoms with Crippen molar-refractivity contribution in [3.63, 3.8) is 0 Å². The number of rotatable bonds is 2. The van der Waals surface area contributed by atoms with Crippen molar-refractivity contribution in [2.24, 2.45) is 5.92 Å². The number of hydrogen-bond donors (Lipinski definition) is 1. The van der Waals surface area contributed by atoms with E-state index in [0.29, 0.717) is 18.8 Å². The first kappa shape index (κ1) is 11.5. The summed E-state index contributed by atoms with van der Waals surface area (Å²) in [6, 6.07) is 4.57. The first-order valence-electron chi connectivity index (χ1n) is 5.03. The van der Waals surface area contributed by atoms with Crippen LogP contribution >= 0.6 is 15.9 Å². The van der Waals surface area contributed by atoms with Crippen LogP contribution < -0.4 is 10.2 Å². The predicted molar refractivity (Wildman–Crippen MR) is 63.9 cm³/mol. The lowest BCUT2D eigenvalue weighted by atomic mass is 10.0. The molecule has 0 bridgehead atoms. The molecule has 0 aromatic heterocycles. The lowest BCUT2D eigenvalue weighted by molar-refractivity contribution is -0.123. The van der Waals surface area contributed by atoms with Gasteiger partial charge in [-0.1, -0.05) is 15.9 Å². The Kier molecular flexibility index (Phi) is 3.25. The molecule has 3 nitrogen and oxygen atoms in total. The van der Waals surface area contributed by atoms with E-state index >= 15 is 0 Å². The quantitative estimate of drug-likeness (QED) is 0.899. The Morgan fingerprint density at radius 2 is 2.25 bits per heavy atom. The number of carbonyl (C=O) groups excluding carboxylic acids is 1. The summed E-state index contributed by atoms with van der Waals surface area (Å²) in [7, 11) is 1.60. The van der Waals surface area contributed by atoms with Crippen LogP contribution in [-0.2, 0) is 4.79 Å². The summed E-state index contributed by atoms with van der Waals surface area (Å²) in [4.78, 5) is 13.3. The summed E-state index contributed by atoms with van der Waals surface area (Å²) in [6.45, 7) is 1.36. The van der Waals surface area contributed by atoms with E-state index in [0.717, 1.165) is 4.47 Å². The number of nitrogens with one attached hydrogen (secondary N) is 1. The fourth-order valence-electron chi connectivity index (χ4n) is 1.60. The van der Waals surface area contributed by atoms with Gasteiger partial charge >= 0.3 is 0 Å². The molecule has 5 heteroatoms. The first-order chi connectivity index (χ1) is 7.59. The van der Waals surface area contributed by atoms with E-state index in [2.05, 4.69) is 21.2 Å². The van der Waals surface area contributed by atoms with Gasteiger partial charge in [-0.2, -0.15) is 0 Å². The molecule has 1 aromatic carbocycles. The molecule has 1 fully saturated rings. The van der Waals surface area contributed by atoms with E-state index in [-0.39, 0.29) is 17.6 Å². The molecule has 86 valence electrons. The topological polar surface area (TPSA) is 32.3 Å². The largest absolute Gasteiger partial charge is 0.315 e. The number of halogens is 2. The van der Waals surface area contributed by atoms with Crippen LogP contribution in [0.1, 0.15) is 0 Å². The second-order valence-corrected chi connectivity index (χ2v) is 4.76. The van der Waals surface area contributed by atoms with E-state index in [4.69, 9.17) is 0 Å². The van der Waals surface area contributed by atoms with Crippen LogP contribution in [0.4, 0.5) is 10.1 Å². The van der Waals surface area contributed by atoms with Gasteiger partial charge in [-0.3, -0.25) is 4.79 Å². The third-order valence-corrected chi connectivity index (χ3v) is 3.22. The third-order valence-electron chi connectivity index (χ3n) is 2.73. The molecule has 0 radical (unpaired) electrons. The predicted octanol–water partition coefficient (Wildman–Crippen LogP) is 1.77. The van der Waals surface area contributed by atoms with E-state index < -0.39 is 0 Å². The summed E-state index contributed by atoms with van der Waals surface area (Å²) in [5.41, 5.74) is 0.311. The molecular weight excluding hydrogens is 275 g/mol. The van der Waals surface area contributed by atoms with E-state index in [9.17, 15) is 9.18 Å². The molecule has 1 heterocycles. The monoisotopic (exact) mass is 286 g/mol. The minimum absolute atomic E-state index is 0.0246. The van der Waals surface area contributed by atoms with Gasteiger partial charge in [0.25, 0.3) is 0 Å². The van der Waals surface area contributed by atoms with Crippen molar-refractivity contribution in [1.82, 2.24) is 5.32 Å². The molecule has 0 aliphatic carbocycles. The van der Waals surface area contributed by atoms with Gasteiger partial charge in [0.1, 0.15) is 5.82 Å². The highest BCUT2D eigenvalue weighted by atomic mass is 79.9. The molecule has 1 amide bonds. The van der Waals surface area contributed by atoms with Crippen LogP contribution in [0, 0.1) is 11.7 Å². The highest BCUT2D eigenvalue weighted by molar-refractivity contribution is 9.10. The maximum absolute atomic E-state index is 13.5. The fraction of sp³-hybridized carbons (Fsp3) is 0.364. The van der Waals surface area contributed by atoms with Crippen molar-refractivity contribution in [1.29, 1.82) is 0 Å². The number of benzene rings is 1. The molecule has 1 saturated heterocycles. The molecule has 0 spiro atoms. The Bertz CT molecular complexity index is 420. The lowest BCUT2D eigenvalue weighted by Gasteiger charge is -2.30. The molecule has 1 aliphatic heterocycles. The second-order valence-electron chi connectivity index (χ2n) is 3.85. The van der Waals surface area contributed by atoms with E-state index in [1.165, 1.54) is 11.0 Å². The van der Waals surface area contributed by atoms with E-state index in [1.54, 1.807) is 19.2 Å². The lowest BCUT2D eigenvalue weighted by Crippen LogP contribution is -2.51. The molecule has 1 aliphatic rings. The molecule has 0 saturated carbocycles. The van der Waals surface area contributed by atoms with Gasteiger partial charge in [-0.05, 0) is 18.2 Å². The first-order valence-corrected chi connectivity index (χ1v) is 5.82. The zero-order valence-electron chi connectivity index (χ0n) is 8.84. The Morgan fingerprint density at radius 1 is 1.56 bits per heavy atom. The van der Waals surface area contributed by atoms with Crippen molar-refractivity contribution in [2.75, 3.05) is 25.0 Å². The maximum Gasteiger partial charge on any atom is 0.232 e. The highest BCUT2D eigenvalue weighted by Gasteiger charge is 2.29. The van der Waals surface area contributed by atoms with Gasteiger partial charge < -0.3 is 10.2 Å². The Morgan fingerprint density at radius 3 is 2.81 bits per heavy atom. The Hall–Kier alpha value is -0.940. The molecule has 0 atom stereocenters.